The molecular formula is C20H16Br2N2O2. The summed E-state index contributed by atoms with van der Waals surface area (Å²) < 4.78 is 9.65. The molecule has 0 unspecified atom stereocenters. The quantitative estimate of drug-likeness (QED) is 0.484. The number of rotatable bonds is 0. The second-order valence-electron chi connectivity index (χ2n) is 6.96. The van der Waals surface area contributed by atoms with E-state index in [0.717, 1.165) is 39.7 Å². The van der Waals surface area contributed by atoms with Crippen LogP contribution in [-0.2, 0) is 16.7 Å². The zero-order chi connectivity index (χ0) is 17.9. The van der Waals surface area contributed by atoms with E-state index in [9.17, 15) is 4.79 Å². The van der Waals surface area contributed by atoms with Crippen molar-refractivity contribution in [2.75, 3.05) is 13.2 Å². The molecule has 0 radical (unpaired) electrons. The van der Waals surface area contributed by atoms with Gasteiger partial charge in [-0.3, -0.25) is 4.79 Å². The van der Waals surface area contributed by atoms with Gasteiger partial charge in [-0.1, -0.05) is 40.2 Å². The molecule has 3 heterocycles. The van der Waals surface area contributed by atoms with Gasteiger partial charge in [0.05, 0.1) is 16.3 Å². The van der Waals surface area contributed by atoms with Crippen molar-refractivity contribution in [2.24, 2.45) is 0 Å². The molecule has 6 heteroatoms. The van der Waals surface area contributed by atoms with E-state index in [1.807, 2.05) is 12.1 Å². The molecule has 0 aliphatic carbocycles. The van der Waals surface area contributed by atoms with E-state index in [0.29, 0.717) is 18.6 Å². The maximum absolute atomic E-state index is 12.9. The van der Waals surface area contributed by atoms with E-state index in [1.165, 1.54) is 11.1 Å². The molecule has 26 heavy (non-hydrogen) atoms. The maximum Gasteiger partial charge on any atom is 0.280 e. The lowest BCUT2D eigenvalue weighted by atomic mass is 9.70. The van der Waals surface area contributed by atoms with E-state index in [2.05, 4.69) is 65.7 Å². The molecule has 5 rings (SSSR count). The Labute approximate surface area is 167 Å². The number of ether oxygens (including phenoxy) is 1. The molecule has 1 fully saturated rings. The number of fused-ring (bicyclic) bond motifs is 6. The summed E-state index contributed by atoms with van der Waals surface area (Å²) in [7, 11) is 0. The Morgan fingerprint density at radius 1 is 1.12 bits per heavy atom. The van der Waals surface area contributed by atoms with Gasteiger partial charge < -0.3 is 9.30 Å². The van der Waals surface area contributed by atoms with Gasteiger partial charge in [0.15, 0.2) is 0 Å². The van der Waals surface area contributed by atoms with Crippen molar-refractivity contribution >= 4 is 42.8 Å². The predicted molar refractivity (Wildman–Crippen MR) is 108 cm³/mol. The first-order valence-electron chi connectivity index (χ1n) is 8.66. The summed E-state index contributed by atoms with van der Waals surface area (Å²) >= 11 is 7.16. The minimum Gasteiger partial charge on any atom is -0.381 e. The monoisotopic (exact) mass is 474 g/mol. The third-order valence-electron chi connectivity index (χ3n) is 5.63. The topological polar surface area (TPSA) is 44.1 Å². The number of aromatic nitrogens is 2. The Balaban J connectivity index is 1.91. The molecule has 0 saturated carbocycles. The molecule has 0 bridgehead atoms. The van der Waals surface area contributed by atoms with Crippen LogP contribution in [-0.4, -0.2) is 22.8 Å². The van der Waals surface area contributed by atoms with Crippen LogP contribution in [0.15, 0.2) is 50.1 Å². The number of hydrogen-bond acceptors (Lipinski definition) is 3. The average molecular weight is 476 g/mol. The summed E-state index contributed by atoms with van der Waals surface area (Å²) in [6, 6.07) is 12.4. The highest BCUT2D eigenvalue weighted by Crippen LogP contribution is 2.45. The summed E-state index contributed by atoms with van der Waals surface area (Å²) in [5.74, 6) is 0.875. The molecule has 0 atom stereocenters. The zero-order valence-electron chi connectivity index (χ0n) is 14.0. The number of halogens is 2. The Bertz CT molecular complexity index is 1100. The van der Waals surface area contributed by atoms with Crippen LogP contribution in [0.25, 0.3) is 10.9 Å². The first-order chi connectivity index (χ1) is 12.6. The third-order valence-corrected chi connectivity index (χ3v) is 6.69. The van der Waals surface area contributed by atoms with Crippen LogP contribution in [0.5, 0.6) is 0 Å². The highest BCUT2D eigenvalue weighted by molar-refractivity contribution is 9.11. The number of nitrogens with zero attached hydrogens (tertiary/aromatic N) is 2. The van der Waals surface area contributed by atoms with Crippen molar-refractivity contribution in [1.82, 2.24) is 9.55 Å². The van der Waals surface area contributed by atoms with E-state index < -0.39 is 0 Å². The molecule has 4 nitrogen and oxygen atoms in total. The summed E-state index contributed by atoms with van der Waals surface area (Å²) in [5, 5.41) is 0.636. The van der Waals surface area contributed by atoms with Crippen LogP contribution >= 0.6 is 31.9 Å². The molecule has 132 valence electrons. The summed E-state index contributed by atoms with van der Waals surface area (Å²) in [6.45, 7) is 2.09. The molecule has 2 aromatic carbocycles. The van der Waals surface area contributed by atoms with Gasteiger partial charge in [0, 0.05) is 28.7 Å². The fourth-order valence-electron chi connectivity index (χ4n) is 4.47. The Hall–Kier alpha value is -1.50. The van der Waals surface area contributed by atoms with Crippen LogP contribution in [0, 0.1) is 0 Å². The van der Waals surface area contributed by atoms with Crippen molar-refractivity contribution < 1.29 is 4.74 Å². The van der Waals surface area contributed by atoms with Gasteiger partial charge in [-0.05, 0) is 52.0 Å². The molecule has 1 aromatic heterocycles. The minimum absolute atomic E-state index is 0.168. The average Bonchev–Trinajstić information content (AvgIpc) is 2.64. The molecule has 1 saturated heterocycles. The summed E-state index contributed by atoms with van der Waals surface area (Å²) in [6.07, 6.45) is 1.69. The van der Waals surface area contributed by atoms with Crippen LogP contribution < -0.4 is 5.56 Å². The van der Waals surface area contributed by atoms with Gasteiger partial charge >= 0.3 is 0 Å². The smallest absolute Gasteiger partial charge is 0.280 e. The Kier molecular flexibility index (Phi) is 3.85. The molecule has 2 aliphatic heterocycles. The van der Waals surface area contributed by atoms with Gasteiger partial charge in [0.2, 0.25) is 0 Å². The Morgan fingerprint density at radius 2 is 1.88 bits per heavy atom. The molecule has 1 spiro atoms. The predicted octanol–water partition coefficient (Wildman–Crippen LogP) is 4.38. The van der Waals surface area contributed by atoms with Crippen molar-refractivity contribution in [3.8, 4) is 0 Å². The standard InChI is InChI=1S/C20H16Br2N2O2/c21-13-9-14-17(16(22)10-13)24-11-12-3-1-2-4-15(12)20(5-7-26-8-6-20)19(24)23-18(14)25/h1-4,9-10H,5-8,11H2. The van der Waals surface area contributed by atoms with E-state index in [1.54, 1.807) is 0 Å². The molecule has 2 aliphatic rings. The lowest BCUT2D eigenvalue weighted by Gasteiger charge is -2.43. The van der Waals surface area contributed by atoms with Crippen molar-refractivity contribution in [3.63, 3.8) is 0 Å². The minimum atomic E-state index is -0.257. The first-order valence-corrected chi connectivity index (χ1v) is 10.2. The molecular weight excluding hydrogens is 460 g/mol. The van der Waals surface area contributed by atoms with Gasteiger partial charge in [-0.2, -0.15) is 4.98 Å². The Morgan fingerprint density at radius 3 is 2.69 bits per heavy atom. The lowest BCUT2D eigenvalue weighted by Crippen LogP contribution is -2.44. The van der Waals surface area contributed by atoms with Crippen LogP contribution in [0.1, 0.15) is 29.8 Å². The van der Waals surface area contributed by atoms with Crippen LogP contribution in [0.4, 0.5) is 0 Å². The third kappa shape index (κ3) is 2.28. The molecule has 0 N–H and O–H groups in total. The zero-order valence-corrected chi connectivity index (χ0v) is 17.1. The first kappa shape index (κ1) is 16.7. The normalized spacial score (nSPS) is 17.9. The highest BCUT2D eigenvalue weighted by atomic mass is 79.9. The van der Waals surface area contributed by atoms with Crippen molar-refractivity contribution in [3.05, 3.63) is 72.6 Å². The van der Waals surface area contributed by atoms with E-state index in [-0.39, 0.29) is 11.0 Å². The van der Waals surface area contributed by atoms with Crippen molar-refractivity contribution in [2.45, 2.75) is 24.8 Å². The maximum atomic E-state index is 12.9. The second-order valence-corrected chi connectivity index (χ2v) is 8.73. The summed E-state index contributed by atoms with van der Waals surface area (Å²) in [5.41, 5.74) is 3.08. The largest absolute Gasteiger partial charge is 0.381 e. The SMILES string of the molecule is O=c1nc2n(c3c(Br)cc(Br)cc13)Cc1ccccc1C21CCOCC1. The second kappa shape index (κ2) is 6.01. The number of benzene rings is 2. The van der Waals surface area contributed by atoms with E-state index >= 15 is 0 Å². The van der Waals surface area contributed by atoms with Crippen LogP contribution in [0.3, 0.4) is 0 Å². The van der Waals surface area contributed by atoms with Gasteiger partial charge in [0.25, 0.3) is 5.56 Å². The molecule has 0 amide bonds. The van der Waals surface area contributed by atoms with Crippen LogP contribution in [0.2, 0.25) is 0 Å². The lowest BCUT2D eigenvalue weighted by molar-refractivity contribution is 0.0575. The van der Waals surface area contributed by atoms with Gasteiger partial charge in [-0.25, -0.2) is 0 Å². The highest BCUT2D eigenvalue weighted by Gasteiger charge is 2.44. The van der Waals surface area contributed by atoms with Gasteiger partial charge in [0.1, 0.15) is 5.82 Å². The fraction of sp³-hybridized carbons (Fsp3) is 0.300. The van der Waals surface area contributed by atoms with Gasteiger partial charge in [-0.15, -0.1) is 0 Å². The van der Waals surface area contributed by atoms with E-state index in [4.69, 9.17) is 4.74 Å². The fourth-order valence-corrected chi connectivity index (χ4v) is 5.91. The van der Waals surface area contributed by atoms with Crippen molar-refractivity contribution in [1.29, 1.82) is 0 Å². The molecule has 3 aromatic rings. The summed E-state index contributed by atoms with van der Waals surface area (Å²) in [4.78, 5) is 17.5. The number of hydrogen-bond donors (Lipinski definition) is 0.